The molecule has 0 saturated heterocycles. The second-order valence-electron chi connectivity index (χ2n) is 6.34. The zero-order valence-corrected chi connectivity index (χ0v) is 16.1. The van der Waals surface area contributed by atoms with Gasteiger partial charge in [-0.15, -0.1) is 11.3 Å². The number of pyridine rings is 1. The van der Waals surface area contributed by atoms with E-state index in [1.807, 2.05) is 43.3 Å². The van der Waals surface area contributed by atoms with Gasteiger partial charge in [-0.25, -0.2) is 9.67 Å². The fourth-order valence-corrected chi connectivity index (χ4v) is 4.06. The van der Waals surface area contributed by atoms with Gasteiger partial charge in [-0.1, -0.05) is 31.2 Å². The molecule has 0 bridgehead atoms. The molecule has 1 amide bonds. The molecule has 0 aliphatic heterocycles. The van der Waals surface area contributed by atoms with Crippen molar-refractivity contribution in [3.05, 3.63) is 65.3 Å². The fraction of sp³-hybridized carbons (Fsp3) is 0.190. The fourth-order valence-electron chi connectivity index (χ4n) is 3.31. The summed E-state index contributed by atoms with van der Waals surface area (Å²) in [6.07, 6.45) is 2.64. The number of para-hydroxylation sites is 1. The molecule has 3 heterocycles. The van der Waals surface area contributed by atoms with E-state index in [1.54, 1.807) is 22.2 Å². The summed E-state index contributed by atoms with van der Waals surface area (Å²) in [5, 5.41) is 10.6. The van der Waals surface area contributed by atoms with Crippen LogP contribution in [-0.2, 0) is 17.8 Å². The third-order valence-corrected chi connectivity index (χ3v) is 5.46. The predicted molar refractivity (Wildman–Crippen MR) is 110 cm³/mol. The number of anilines is 1. The monoisotopic (exact) mass is 376 g/mol. The van der Waals surface area contributed by atoms with Gasteiger partial charge < -0.3 is 5.32 Å². The summed E-state index contributed by atoms with van der Waals surface area (Å²) in [4.78, 5) is 18.3. The van der Waals surface area contributed by atoms with E-state index in [1.165, 1.54) is 4.88 Å². The van der Waals surface area contributed by atoms with Crippen molar-refractivity contribution < 1.29 is 4.79 Å². The van der Waals surface area contributed by atoms with Crippen molar-refractivity contribution in [3.8, 4) is 10.4 Å². The van der Waals surface area contributed by atoms with Gasteiger partial charge in [-0.2, -0.15) is 5.10 Å². The number of benzene rings is 1. The van der Waals surface area contributed by atoms with E-state index in [4.69, 9.17) is 0 Å². The molecule has 136 valence electrons. The number of hydrogen-bond donors (Lipinski definition) is 1. The number of aromatic nitrogens is 3. The summed E-state index contributed by atoms with van der Waals surface area (Å²) >= 11 is 1.68. The maximum Gasteiger partial charge on any atom is 0.246 e. The van der Waals surface area contributed by atoms with E-state index in [0.29, 0.717) is 0 Å². The number of amides is 1. The number of thiophene rings is 1. The van der Waals surface area contributed by atoms with Crippen LogP contribution in [0.3, 0.4) is 0 Å². The number of carbonyl (C=O) groups is 1. The van der Waals surface area contributed by atoms with Crippen molar-refractivity contribution in [2.45, 2.75) is 26.8 Å². The first-order chi connectivity index (χ1) is 13.2. The number of fused-ring (bicyclic) bond motifs is 1. The average Bonchev–Trinajstić information content (AvgIpc) is 3.31. The number of nitrogens with zero attached hydrogens (tertiary/aromatic N) is 3. The Hall–Kier alpha value is -2.99. The van der Waals surface area contributed by atoms with Crippen LogP contribution in [0.5, 0.6) is 0 Å². The molecule has 0 fully saturated rings. The van der Waals surface area contributed by atoms with Gasteiger partial charge in [-0.05, 0) is 42.5 Å². The van der Waals surface area contributed by atoms with Crippen LogP contribution in [-0.4, -0.2) is 20.7 Å². The van der Waals surface area contributed by atoms with Crippen LogP contribution in [0.25, 0.3) is 21.5 Å². The van der Waals surface area contributed by atoms with Crippen LogP contribution in [0.2, 0.25) is 0 Å². The van der Waals surface area contributed by atoms with E-state index >= 15 is 0 Å². The Morgan fingerprint density at radius 3 is 2.81 bits per heavy atom. The van der Waals surface area contributed by atoms with Crippen LogP contribution in [0.1, 0.15) is 18.2 Å². The highest BCUT2D eigenvalue weighted by Gasteiger charge is 2.16. The van der Waals surface area contributed by atoms with Gasteiger partial charge in [0.15, 0.2) is 5.65 Å². The van der Waals surface area contributed by atoms with Gasteiger partial charge in [-0.3, -0.25) is 4.79 Å². The molecule has 6 heteroatoms. The molecule has 0 unspecified atom stereocenters. The zero-order chi connectivity index (χ0) is 18.8. The van der Waals surface area contributed by atoms with Crippen LogP contribution < -0.4 is 5.32 Å². The first-order valence-corrected chi connectivity index (χ1v) is 9.79. The third-order valence-electron chi connectivity index (χ3n) is 4.56. The van der Waals surface area contributed by atoms with Crippen molar-refractivity contribution in [2.75, 3.05) is 5.32 Å². The molecule has 0 saturated carbocycles. The maximum atomic E-state index is 12.6. The summed E-state index contributed by atoms with van der Waals surface area (Å²) < 4.78 is 1.69. The number of rotatable bonds is 5. The lowest BCUT2D eigenvalue weighted by molar-refractivity contribution is -0.116. The van der Waals surface area contributed by atoms with Gasteiger partial charge in [0, 0.05) is 22.3 Å². The molecule has 0 aliphatic carbocycles. The molecule has 1 N–H and O–H groups in total. The zero-order valence-electron chi connectivity index (χ0n) is 15.3. The van der Waals surface area contributed by atoms with Crippen LogP contribution >= 0.6 is 11.3 Å². The average molecular weight is 376 g/mol. The number of hydrogen-bond acceptors (Lipinski definition) is 4. The van der Waals surface area contributed by atoms with Gasteiger partial charge in [0.1, 0.15) is 6.54 Å². The van der Waals surface area contributed by atoms with Crippen molar-refractivity contribution in [1.82, 2.24) is 14.8 Å². The van der Waals surface area contributed by atoms with Crippen LogP contribution in [0.4, 0.5) is 5.69 Å². The Balaban J connectivity index is 1.65. The largest absolute Gasteiger partial charge is 0.324 e. The molecule has 0 atom stereocenters. The molecule has 1 aromatic carbocycles. The molecule has 0 aliphatic rings. The van der Waals surface area contributed by atoms with E-state index in [-0.39, 0.29) is 12.5 Å². The first-order valence-electron chi connectivity index (χ1n) is 8.91. The molecule has 4 rings (SSSR count). The number of aryl methyl sites for hydroxylation is 2. The standard InChI is InChI=1S/C21H20N4OS/c1-3-15-7-4-5-8-17(15)23-19(26)13-25-21-20(14(2)24-25)16(10-11-22-21)18-9-6-12-27-18/h4-12H,3,13H2,1-2H3,(H,23,26). The summed E-state index contributed by atoms with van der Waals surface area (Å²) in [5.41, 5.74) is 4.69. The quantitative estimate of drug-likeness (QED) is 0.551. The van der Waals surface area contributed by atoms with Gasteiger partial charge >= 0.3 is 0 Å². The Labute approximate surface area is 161 Å². The molecule has 4 aromatic rings. The SMILES string of the molecule is CCc1ccccc1NC(=O)Cn1nc(C)c2c(-c3cccs3)ccnc21. The highest BCUT2D eigenvalue weighted by molar-refractivity contribution is 7.13. The van der Waals surface area contributed by atoms with E-state index in [2.05, 4.69) is 33.8 Å². The normalized spacial score (nSPS) is 11.0. The molecule has 3 aromatic heterocycles. The van der Waals surface area contributed by atoms with E-state index < -0.39 is 0 Å². The smallest absolute Gasteiger partial charge is 0.246 e. The molecule has 5 nitrogen and oxygen atoms in total. The van der Waals surface area contributed by atoms with Crippen LogP contribution in [0.15, 0.2) is 54.0 Å². The number of carbonyl (C=O) groups excluding carboxylic acids is 1. The Kier molecular flexibility index (Phi) is 4.73. The summed E-state index contributed by atoms with van der Waals surface area (Å²) in [6, 6.07) is 14.0. The Morgan fingerprint density at radius 1 is 1.19 bits per heavy atom. The minimum atomic E-state index is -0.108. The highest BCUT2D eigenvalue weighted by atomic mass is 32.1. The molecule has 27 heavy (non-hydrogen) atoms. The molecule has 0 spiro atoms. The van der Waals surface area contributed by atoms with Gasteiger partial charge in [0.2, 0.25) is 5.91 Å². The summed E-state index contributed by atoms with van der Waals surface area (Å²) in [7, 11) is 0. The lowest BCUT2D eigenvalue weighted by Crippen LogP contribution is -2.20. The molecular formula is C21H20N4OS. The minimum absolute atomic E-state index is 0.108. The van der Waals surface area contributed by atoms with Crippen molar-refractivity contribution in [3.63, 3.8) is 0 Å². The first kappa shape index (κ1) is 17.4. The number of nitrogens with one attached hydrogen (secondary N) is 1. The Bertz CT molecular complexity index is 1100. The molecular weight excluding hydrogens is 356 g/mol. The van der Waals surface area contributed by atoms with Crippen molar-refractivity contribution in [2.24, 2.45) is 0 Å². The predicted octanol–water partition coefficient (Wildman–Crippen LogP) is 4.67. The Morgan fingerprint density at radius 2 is 2.04 bits per heavy atom. The van der Waals surface area contributed by atoms with Gasteiger partial charge in [0.05, 0.1) is 11.1 Å². The minimum Gasteiger partial charge on any atom is -0.324 e. The molecule has 0 radical (unpaired) electrons. The lowest BCUT2D eigenvalue weighted by atomic mass is 10.1. The van der Waals surface area contributed by atoms with Crippen molar-refractivity contribution in [1.29, 1.82) is 0 Å². The summed E-state index contributed by atoms with van der Waals surface area (Å²) in [6.45, 7) is 4.16. The van der Waals surface area contributed by atoms with Crippen molar-refractivity contribution >= 4 is 34.0 Å². The topological polar surface area (TPSA) is 59.8 Å². The summed E-state index contributed by atoms with van der Waals surface area (Å²) in [5.74, 6) is -0.108. The second kappa shape index (κ2) is 7.32. The highest BCUT2D eigenvalue weighted by Crippen LogP contribution is 2.32. The van der Waals surface area contributed by atoms with Crippen LogP contribution in [0, 0.1) is 6.92 Å². The van der Waals surface area contributed by atoms with E-state index in [0.717, 1.165) is 40.0 Å². The second-order valence-corrected chi connectivity index (χ2v) is 7.28. The third kappa shape index (κ3) is 3.36. The lowest BCUT2D eigenvalue weighted by Gasteiger charge is -2.10. The van der Waals surface area contributed by atoms with Gasteiger partial charge in [0.25, 0.3) is 0 Å². The van der Waals surface area contributed by atoms with E-state index in [9.17, 15) is 4.79 Å². The maximum absolute atomic E-state index is 12.6.